The van der Waals surface area contributed by atoms with Crippen LogP contribution in [-0.4, -0.2) is 9.38 Å². The second-order valence-corrected chi connectivity index (χ2v) is 2.82. The van der Waals surface area contributed by atoms with Crippen LogP contribution >= 0.6 is 0 Å². The molecule has 3 nitrogen and oxygen atoms in total. The molecule has 2 heterocycles. The Labute approximate surface area is 73.5 Å². The van der Waals surface area contributed by atoms with Crippen molar-refractivity contribution in [3.05, 3.63) is 46.3 Å². The average Bonchev–Trinajstić information content (AvgIpc) is 2.12. The maximum atomic E-state index is 12.8. The Morgan fingerprint density at radius 2 is 2.23 bits per heavy atom. The first-order chi connectivity index (χ1) is 6.18. The zero-order chi connectivity index (χ0) is 9.42. The summed E-state index contributed by atoms with van der Waals surface area (Å²) in [4.78, 5) is 15.4. The molecule has 0 radical (unpaired) electrons. The maximum absolute atomic E-state index is 12.8. The number of aromatic nitrogens is 2. The molecule has 0 N–H and O–H groups in total. The molecular formula is C9H7FN2O. The highest BCUT2D eigenvalue weighted by Gasteiger charge is 2.00. The molecule has 0 saturated heterocycles. The predicted molar refractivity (Wildman–Crippen MR) is 46.2 cm³/mol. The molecule has 0 atom stereocenters. The van der Waals surface area contributed by atoms with Crippen molar-refractivity contribution < 1.29 is 4.39 Å². The van der Waals surface area contributed by atoms with E-state index in [1.165, 1.54) is 22.7 Å². The average molecular weight is 178 g/mol. The van der Waals surface area contributed by atoms with Gasteiger partial charge in [0.15, 0.2) is 0 Å². The molecular weight excluding hydrogens is 171 g/mol. The van der Waals surface area contributed by atoms with Crippen molar-refractivity contribution in [3.8, 4) is 0 Å². The zero-order valence-electron chi connectivity index (χ0n) is 6.99. The number of nitrogens with zero attached hydrogens (tertiary/aromatic N) is 2. The van der Waals surface area contributed by atoms with E-state index < -0.39 is 5.82 Å². The van der Waals surface area contributed by atoms with E-state index in [0.29, 0.717) is 11.2 Å². The van der Waals surface area contributed by atoms with Crippen LogP contribution in [0.4, 0.5) is 4.39 Å². The molecule has 0 aliphatic carbocycles. The van der Waals surface area contributed by atoms with E-state index in [9.17, 15) is 9.18 Å². The van der Waals surface area contributed by atoms with E-state index >= 15 is 0 Å². The lowest BCUT2D eigenvalue weighted by atomic mass is 10.3. The number of aryl methyl sites for hydroxylation is 1. The molecule has 0 unspecified atom stereocenters. The van der Waals surface area contributed by atoms with Crippen molar-refractivity contribution in [1.82, 2.24) is 9.38 Å². The number of halogens is 1. The minimum Gasteiger partial charge on any atom is -0.269 e. The summed E-state index contributed by atoms with van der Waals surface area (Å²) in [7, 11) is 0. The number of pyridine rings is 1. The topological polar surface area (TPSA) is 34.4 Å². The summed E-state index contributed by atoms with van der Waals surface area (Å²) in [6, 6.07) is 2.74. The SMILES string of the molecule is Cc1cnc2ccc(F)cn2c1=O. The second kappa shape index (κ2) is 2.65. The van der Waals surface area contributed by atoms with Gasteiger partial charge in [-0.1, -0.05) is 0 Å². The Hall–Kier alpha value is -1.71. The highest BCUT2D eigenvalue weighted by molar-refractivity contribution is 5.37. The quantitative estimate of drug-likeness (QED) is 0.606. The first-order valence-corrected chi connectivity index (χ1v) is 3.82. The number of hydrogen-bond donors (Lipinski definition) is 0. The fraction of sp³-hybridized carbons (Fsp3) is 0.111. The van der Waals surface area contributed by atoms with E-state index in [1.54, 1.807) is 6.92 Å². The van der Waals surface area contributed by atoms with Crippen molar-refractivity contribution in [3.63, 3.8) is 0 Å². The van der Waals surface area contributed by atoms with Crippen molar-refractivity contribution in [1.29, 1.82) is 0 Å². The third-order valence-electron chi connectivity index (χ3n) is 1.84. The maximum Gasteiger partial charge on any atom is 0.260 e. The molecule has 2 aromatic rings. The van der Waals surface area contributed by atoms with E-state index in [0.717, 1.165) is 6.20 Å². The Bertz CT molecular complexity index is 513. The summed E-state index contributed by atoms with van der Waals surface area (Å²) >= 11 is 0. The first-order valence-electron chi connectivity index (χ1n) is 3.82. The summed E-state index contributed by atoms with van der Waals surface area (Å²) in [5.74, 6) is -0.443. The summed E-state index contributed by atoms with van der Waals surface area (Å²) < 4.78 is 14.0. The van der Waals surface area contributed by atoms with Crippen LogP contribution in [0.3, 0.4) is 0 Å². The van der Waals surface area contributed by atoms with Gasteiger partial charge in [0.05, 0.1) is 0 Å². The standard InChI is InChI=1S/C9H7FN2O/c1-6-4-11-8-3-2-7(10)5-12(8)9(6)13/h2-5H,1H3. The van der Waals surface area contributed by atoms with E-state index in [2.05, 4.69) is 4.98 Å². The van der Waals surface area contributed by atoms with Crippen LogP contribution in [0.5, 0.6) is 0 Å². The van der Waals surface area contributed by atoms with Gasteiger partial charge < -0.3 is 0 Å². The summed E-state index contributed by atoms with van der Waals surface area (Å²) in [5.41, 5.74) is 0.726. The van der Waals surface area contributed by atoms with Gasteiger partial charge in [0.2, 0.25) is 0 Å². The van der Waals surface area contributed by atoms with Gasteiger partial charge in [-0.15, -0.1) is 0 Å². The lowest BCUT2D eigenvalue weighted by Gasteiger charge is -1.99. The largest absolute Gasteiger partial charge is 0.269 e. The Balaban J connectivity index is 2.97. The normalized spacial score (nSPS) is 10.6. The summed E-state index contributed by atoms with van der Waals surface area (Å²) in [6.07, 6.45) is 2.62. The van der Waals surface area contributed by atoms with Gasteiger partial charge in [-0.05, 0) is 19.1 Å². The second-order valence-electron chi connectivity index (χ2n) is 2.82. The molecule has 0 spiro atoms. The van der Waals surface area contributed by atoms with E-state index in [4.69, 9.17) is 0 Å². The minimum absolute atomic E-state index is 0.232. The lowest BCUT2D eigenvalue weighted by molar-refractivity contribution is 0.617. The van der Waals surface area contributed by atoms with Crippen LogP contribution in [0.1, 0.15) is 5.56 Å². The molecule has 0 aliphatic heterocycles. The van der Waals surface area contributed by atoms with Gasteiger partial charge in [0, 0.05) is 18.0 Å². The Morgan fingerprint density at radius 1 is 1.46 bits per heavy atom. The van der Waals surface area contributed by atoms with Crippen LogP contribution in [0.25, 0.3) is 5.65 Å². The van der Waals surface area contributed by atoms with E-state index in [1.807, 2.05) is 0 Å². The minimum atomic E-state index is -0.443. The van der Waals surface area contributed by atoms with Crippen LogP contribution in [0.2, 0.25) is 0 Å². The molecule has 2 aromatic heterocycles. The Morgan fingerprint density at radius 3 is 3.00 bits per heavy atom. The van der Waals surface area contributed by atoms with Gasteiger partial charge in [-0.25, -0.2) is 9.37 Å². The molecule has 0 bridgehead atoms. The molecule has 66 valence electrons. The number of hydrogen-bond acceptors (Lipinski definition) is 2. The first kappa shape index (κ1) is 7.91. The van der Waals surface area contributed by atoms with Gasteiger partial charge in [-0.3, -0.25) is 9.20 Å². The van der Waals surface area contributed by atoms with Crippen LogP contribution in [0, 0.1) is 12.7 Å². The molecule has 0 saturated carbocycles. The Kier molecular flexibility index (Phi) is 1.62. The molecule has 0 fully saturated rings. The van der Waals surface area contributed by atoms with E-state index in [-0.39, 0.29) is 5.56 Å². The van der Waals surface area contributed by atoms with Crippen LogP contribution < -0.4 is 5.56 Å². The number of fused-ring (bicyclic) bond motifs is 1. The summed E-state index contributed by atoms with van der Waals surface area (Å²) in [6.45, 7) is 1.65. The van der Waals surface area contributed by atoms with Crippen molar-refractivity contribution >= 4 is 5.65 Å². The van der Waals surface area contributed by atoms with Crippen molar-refractivity contribution in [2.75, 3.05) is 0 Å². The zero-order valence-corrected chi connectivity index (χ0v) is 6.99. The molecule has 0 amide bonds. The molecule has 0 aliphatic rings. The third kappa shape index (κ3) is 1.20. The van der Waals surface area contributed by atoms with Gasteiger partial charge in [-0.2, -0.15) is 0 Å². The summed E-state index contributed by atoms with van der Waals surface area (Å²) in [5, 5.41) is 0. The highest BCUT2D eigenvalue weighted by Crippen LogP contribution is 2.00. The molecule has 0 aromatic carbocycles. The monoisotopic (exact) mass is 178 g/mol. The molecule has 2 rings (SSSR count). The molecule has 13 heavy (non-hydrogen) atoms. The number of rotatable bonds is 0. The van der Waals surface area contributed by atoms with Crippen LogP contribution in [-0.2, 0) is 0 Å². The highest BCUT2D eigenvalue weighted by atomic mass is 19.1. The van der Waals surface area contributed by atoms with Gasteiger partial charge >= 0.3 is 0 Å². The molecule has 4 heteroatoms. The smallest absolute Gasteiger partial charge is 0.260 e. The van der Waals surface area contributed by atoms with Crippen molar-refractivity contribution in [2.45, 2.75) is 6.92 Å². The fourth-order valence-electron chi connectivity index (χ4n) is 1.14. The van der Waals surface area contributed by atoms with Crippen molar-refractivity contribution in [2.24, 2.45) is 0 Å². The van der Waals surface area contributed by atoms with Gasteiger partial charge in [0.1, 0.15) is 11.5 Å². The third-order valence-corrected chi connectivity index (χ3v) is 1.84. The fourth-order valence-corrected chi connectivity index (χ4v) is 1.14. The predicted octanol–water partition coefficient (Wildman–Crippen LogP) is 1.14. The van der Waals surface area contributed by atoms with Crippen LogP contribution in [0.15, 0.2) is 29.3 Å². The van der Waals surface area contributed by atoms with Gasteiger partial charge in [0.25, 0.3) is 5.56 Å². The lowest BCUT2D eigenvalue weighted by Crippen LogP contribution is -2.17.